The van der Waals surface area contributed by atoms with Crippen LogP contribution in [0.1, 0.15) is 18.9 Å². The van der Waals surface area contributed by atoms with Gasteiger partial charge in [0.05, 0.1) is 5.05 Å². The van der Waals surface area contributed by atoms with E-state index in [1.54, 1.807) is 0 Å². The van der Waals surface area contributed by atoms with E-state index in [0.717, 1.165) is 0 Å². The summed E-state index contributed by atoms with van der Waals surface area (Å²) in [6.07, 6.45) is 0.0308. The average Bonchev–Trinajstić information content (AvgIpc) is 2.32. The monoisotopic (exact) mass is 284 g/mol. The van der Waals surface area contributed by atoms with Crippen LogP contribution < -0.4 is 0 Å². The van der Waals surface area contributed by atoms with Crippen molar-refractivity contribution in [1.82, 2.24) is 0 Å². The van der Waals surface area contributed by atoms with Gasteiger partial charge in [-0.15, -0.1) is 0 Å². The van der Waals surface area contributed by atoms with Gasteiger partial charge in [0.1, 0.15) is 0 Å². The van der Waals surface area contributed by atoms with Gasteiger partial charge in [0.25, 0.3) is 0 Å². The third kappa shape index (κ3) is 3.23. The lowest BCUT2D eigenvalue weighted by atomic mass is 10.1. The van der Waals surface area contributed by atoms with Crippen LogP contribution in [0.2, 0.25) is 0 Å². The van der Waals surface area contributed by atoms with E-state index in [1.807, 2.05) is 0 Å². The van der Waals surface area contributed by atoms with E-state index in [4.69, 9.17) is 10.2 Å². The van der Waals surface area contributed by atoms with E-state index < -0.39 is 34.6 Å². The van der Waals surface area contributed by atoms with Crippen molar-refractivity contribution >= 4 is 16.4 Å². The second-order valence-electron chi connectivity index (χ2n) is 3.62. The van der Waals surface area contributed by atoms with E-state index in [1.165, 1.54) is 6.92 Å². The van der Waals surface area contributed by atoms with Crippen LogP contribution in [0.5, 0.6) is 5.75 Å². The first-order valence-corrected chi connectivity index (χ1v) is 6.18. The number of aromatic hydroxyl groups is 1. The van der Waals surface area contributed by atoms with Crippen LogP contribution in [0.3, 0.4) is 0 Å². The van der Waals surface area contributed by atoms with Crippen LogP contribution in [0.25, 0.3) is 0 Å². The Bertz CT molecular complexity index is 455. The summed E-state index contributed by atoms with van der Waals surface area (Å²) in [5.74, 6) is -7.96. The largest absolute Gasteiger partial charge is 0.503 e. The minimum atomic E-state index is -1.79. The van der Waals surface area contributed by atoms with Crippen molar-refractivity contribution in [1.29, 1.82) is 0 Å². The highest BCUT2D eigenvalue weighted by Crippen LogP contribution is 2.29. The van der Waals surface area contributed by atoms with Gasteiger partial charge in [0, 0.05) is 5.56 Å². The molecular formula is C11H12F4O2S. The molecule has 0 amide bonds. The fourth-order valence-electron chi connectivity index (χ4n) is 1.38. The van der Waals surface area contributed by atoms with Gasteiger partial charge < -0.3 is 10.2 Å². The molecule has 2 nitrogen and oxygen atoms in total. The lowest BCUT2D eigenvalue weighted by molar-refractivity contribution is 0.351. The SMILES string of the molecule is CC(O)=[SH]CCCc1c(F)c(F)c(O)c(F)c1F. The molecule has 0 aromatic heterocycles. The maximum Gasteiger partial charge on any atom is 0.203 e. The molecule has 0 atom stereocenters. The Balaban J connectivity index is 2.93. The molecule has 1 rings (SSSR count). The maximum absolute atomic E-state index is 13.3. The van der Waals surface area contributed by atoms with E-state index in [2.05, 4.69) is 0 Å². The summed E-state index contributed by atoms with van der Waals surface area (Å²) in [6.45, 7) is 1.47. The third-order valence-corrected chi connectivity index (χ3v) is 3.25. The Labute approximate surface area is 105 Å². The summed E-state index contributed by atoms with van der Waals surface area (Å²) in [5.41, 5.74) is -0.728. The van der Waals surface area contributed by atoms with Gasteiger partial charge in [-0.25, -0.2) is 8.78 Å². The Morgan fingerprint density at radius 2 is 1.56 bits per heavy atom. The maximum atomic E-state index is 13.3. The average molecular weight is 284 g/mol. The minimum Gasteiger partial charge on any atom is -0.503 e. The number of phenolic OH excluding ortho intramolecular Hbond substituents is 1. The molecule has 1 aromatic carbocycles. The van der Waals surface area contributed by atoms with Gasteiger partial charge in [-0.05, 0) is 25.5 Å². The van der Waals surface area contributed by atoms with Crippen LogP contribution >= 0.6 is 11.4 Å². The fourth-order valence-corrected chi connectivity index (χ4v) is 2.02. The zero-order chi connectivity index (χ0) is 13.9. The quantitative estimate of drug-likeness (QED) is 0.261. The Morgan fingerprint density at radius 3 is 2.00 bits per heavy atom. The highest BCUT2D eigenvalue weighted by atomic mass is 32.1. The molecule has 102 valence electrons. The molecule has 1 aromatic rings. The second-order valence-corrected chi connectivity index (χ2v) is 5.03. The number of rotatable bonds is 4. The predicted molar refractivity (Wildman–Crippen MR) is 63.4 cm³/mol. The molecule has 0 fully saturated rings. The van der Waals surface area contributed by atoms with Gasteiger partial charge in [-0.2, -0.15) is 20.1 Å². The summed E-state index contributed by atoms with van der Waals surface area (Å²) >= 11 is 0.590. The lowest BCUT2D eigenvalue weighted by Gasteiger charge is -2.08. The van der Waals surface area contributed by atoms with E-state index in [9.17, 15) is 17.6 Å². The van der Waals surface area contributed by atoms with E-state index >= 15 is 0 Å². The molecule has 0 bridgehead atoms. The zero-order valence-corrected chi connectivity index (χ0v) is 10.4. The van der Waals surface area contributed by atoms with Crippen molar-refractivity contribution in [2.24, 2.45) is 0 Å². The molecule has 2 N–H and O–H groups in total. The van der Waals surface area contributed by atoms with Gasteiger partial charge in [-0.1, -0.05) is 0 Å². The topological polar surface area (TPSA) is 40.5 Å². The highest BCUT2D eigenvalue weighted by molar-refractivity contribution is 7.98. The number of benzene rings is 1. The van der Waals surface area contributed by atoms with Gasteiger partial charge in [0.15, 0.2) is 17.4 Å². The normalized spacial score (nSPS) is 12.4. The first kappa shape index (κ1) is 15.0. The molecule has 0 unspecified atom stereocenters. The standard InChI is InChI=1S/C11H12F4O2S/c1-5(16)18-4-2-3-6-7(12)9(14)11(17)10(15)8(6)13/h16-18H,2-4H2,1H3. The molecule has 0 saturated carbocycles. The molecule has 0 spiro atoms. The van der Waals surface area contributed by atoms with E-state index in [-0.39, 0.29) is 17.9 Å². The van der Waals surface area contributed by atoms with Gasteiger partial charge in [-0.3, -0.25) is 0 Å². The first-order valence-electron chi connectivity index (χ1n) is 5.10. The smallest absolute Gasteiger partial charge is 0.203 e. The molecule has 7 heteroatoms. The molecule has 0 aliphatic carbocycles. The Morgan fingerprint density at radius 1 is 1.06 bits per heavy atom. The van der Waals surface area contributed by atoms with Gasteiger partial charge in [0.2, 0.25) is 11.6 Å². The third-order valence-electron chi connectivity index (χ3n) is 2.26. The number of hydrogen-bond donors (Lipinski definition) is 3. The Kier molecular flexibility index (Phi) is 5.15. The van der Waals surface area contributed by atoms with Crippen LogP contribution in [0, 0.1) is 23.3 Å². The number of halogens is 4. The number of aliphatic hydroxyl groups is 1. The van der Waals surface area contributed by atoms with Crippen LogP contribution in [0.4, 0.5) is 17.6 Å². The van der Waals surface area contributed by atoms with Crippen molar-refractivity contribution in [2.45, 2.75) is 19.8 Å². The van der Waals surface area contributed by atoms with Crippen molar-refractivity contribution in [3.63, 3.8) is 0 Å². The summed E-state index contributed by atoms with van der Waals surface area (Å²) in [4.78, 5) is 0. The lowest BCUT2D eigenvalue weighted by Crippen LogP contribution is -2.04. The van der Waals surface area contributed by atoms with Crippen molar-refractivity contribution in [3.05, 3.63) is 28.8 Å². The summed E-state index contributed by atoms with van der Waals surface area (Å²) in [7, 11) is 0. The van der Waals surface area contributed by atoms with Crippen molar-refractivity contribution in [3.8, 4) is 5.75 Å². The van der Waals surface area contributed by atoms with Crippen molar-refractivity contribution in [2.75, 3.05) is 5.75 Å². The predicted octanol–water partition coefficient (Wildman–Crippen LogP) is 3.05. The molecule has 0 saturated heterocycles. The zero-order valence-electron chi connectivity index (χ0n) is 9.47. The summed E-state index contributed by atoms with van der Waals surface area (Å²) in [5, 5.41) is 17.8. The summed E-state index contributed by atoms with van der Waals surface area (Å²) in [6, 6.07) is 0. The number of phenols is 1. The Hall–Kier alpha value is -1.08. The number of thiol groups is 1. The molecule has 0 aliphatic rings. The molecule has 0 heterocycles. The molecular weight excluding hydrogens is 272 g/mol. The number of aliphatic hydroxyl groups excluding tert-OH is 1. The fraction of sp³-hybridized carbons (Fsp3) is 0.364. The van der Waals surface area contributed by atoms with Crippen molar-refractivity contribution < 1.29 is 27.8 Å². The first-order chi connectivity index (χ1) is 8.36. The van der Waals surface area contributed by atoms with Crippen LogP contribution in [-0.4, -0.2) is 21.0 Å². The van der Waals surface area contributed by atoms with Gasteiger partial charge >= 0.3 is 0 Å². The highest BCUT2D eigenvalue weighted by Gasteiger charge is 2.24. The van der Waals surface area contributed by atoms with E-state index in [0.29, 0.717) is 17.1 Å². The molecule has 0 radical (unpaired) electrons. The van der Waals surface area contributed by atoms with Crippen LogP contribution in [-0.2, 0) is 6.42 Å². The minimum absolute atomic E-state index is 0.152. The van der Waals surface area contributed by atoms with Crippen LogP contribution in [0.15, 0.2) is 0 Å². The molecule has 0 aliphatic heterocycles. The second kappa shape index (κ2) is 6.19. The summed E-state index contributed by atoms with van der Waals surface area (Å²) < 4.78 is 52.6. The molecule has 18 heavy (non-hydrogen) atoms. The number of hydrogen-bond acceptors (Lipinski definition) is 1.